The highest BCUT2D eigenvalue weighted by Gasteiger charge is 2.11. The van der Waals surface area contributed by atoms with Crippen LogP contribution >= 0.6 is 27.5 Å². The molecule has 96 valence electrons. The SMILES string of the molecule is CNc1ccc(Cl)c(Cn2nc(C)c(Br)c2C)n1. The molecule has 2 heterocycles. The van der Waals surface area contributed by atoms with Gasteiger partial charge < -0.3 is 5.32 Å². The third kappa shape index (κ3) is 2.52. The van der Waals surface area contributed by atoms with Gasteiger partial charge in [-0.15, -0.1) is 0 Å². The van der Waals surface area contributed by atoms with Crippen molar-refractivity contribution in [2.75, 3.05) is 12.4 Å². The van der Waals surface area contributed by atoms with Crippen LogP contribution in [0.2, 0.25) is 5.02 Å². The Bertz CT molecular complexity index is 580. The van der Waals surface area contributed by atoms with Gasteiger partial charge in [-0.1, -0.05) is 11.6 Å². The van der Waals surface area contributed by atoms with Gasteiger partial charge in [0.25, 0.3) is 0 Å². The first-order chi connectivity index (χ1) is 8.52. The van der Waals surface area contributed by atoms with Gasteiger partial charge in [0, 0.05) is 7.05 Å². The molecule has 2 aromatic heterocycles. The average molecular weight is 330 g/mol. The van der Waals surface area contributed by atoms with Crippen LogP contribution in [-0.2, 0) is 6.54 Å². The fraction of sp³-hybridized carbons (Fsp3) is 0.333. The monoisotopic (exact) mass is 328 g/mol. The summed E-state index contributed by atoms with van der Waals surface area (Å²) in [6.45, 7) is 4.54. The quantitative estimate of drug-likeness (QED) is 0.938. The van der Waals surface area contributed by atoms with Crippen molar-refractivity contribution >= 4 is 33.3 Å². The molecule has 0 spiro atoms. The van der Waals surface area contributed by atoms with Crippen molar-refractivity contribution in [2.24, 2.45) is 0 Å². The summed E-state index contributed by atoms with van der Waals surface area (Å²) >= 11 is 9.67. The van der Waals surface area contributed by atoms with Crippen molar-refractivity contribution in [1.29, 1.82) is 0 Å². The van der Waals surface area contributed by atoms with E-state index < -0.39 is 0 Å². The summed E-state index contributed by atoms with van der Waals surface area (Å²) in [4.78, 5) is 4.45. The number of nitrogens with one attached hydrogen (secondary N) is 1. The largest absolute Gasteiger partial charge is 0.373 e. The highest BCUT2D eigenvalue weighted by atomic mass is 79.9. The van der Waals surface area contributed by atoms with Crippen molar-refractivity contribution in [3.05, 3.63) is 38.7 Å². The zero-order valence-corrected chi connectivity index (χ0v) is 12.8. The van der Waals surface area contributed by atoms with E-state index >= 15 is 0 Å². The second kappa shape index (κ2) is 5.28. The minimum Gasteiger partial charge on any atom is -0.373 e. The molecule has 0 aliphatic rings. The molecule has 0 amide bonds. The third-order valence-corrected chi connectivity index (χ3v) is 4.26. The Morgan fingerprint density at radius 3 is 2.67 bits per heavy atom. The lowest BCUT2D eigenvalue weighted by molar-refractivity contribution is 0.647. The molecule has 0 atom stereocenters. The molecule has 2 rings (SSSR count). The van der Waals surface area contributed by atoms with Crippen molar-refractivity contribution in [3.8, 4) is 0 Å². The van der Waals surface area contributed by atoms with Gasteiger partial charge in [-0.3, -0.25) is 4.68 Å². The number of nitrogens with zero attached hydrogens (tertiary/aromatic N) is 3. The lowest BCUT2D eigenvalue weighted by Crippen LogP contribution is -2.07. The molecule has 0 saturated heterocycles. The van der Waals surface area contributed by atoms with Gasteiger partial charge >= 0.3 is 0 Å². The molecule has 0 unspecified atom stereocenters. The van der Waals surface area contributed by atoms with Gasteiger partial charge in [-0.25, -0.2) is 4.98 Å². The van der Waals surface area contributed by atoms with E-state index in [-0.39, 0.29) is 0 Å². The van der Waals surface area contributed by atoms with Crippen LogP contribution in [0.4, 0.5) is 5.82 Å². The summed E-state index contributed by atoms with van der Waals surface area (Å²) in [5.74, 6) is 0.801. The summed E-state index contributed by atoms with van der Waals surface area (Å²) in [7, 11) is 1.83. The van der Waals surface area contributed by atoms with E-state index in [0.717, 1.165) is 27.4 Å². The van der Waals surface area contributed by atoms with Crippen LogP contribution in [0.25, 0.3) is 0 Å². The fourth-order valence-electron chi connectivity index (χ4n) is 1.71. The normalized spacial score (nSPS) is 10.7. The maximum atomic E-state index is 6.16. The Morgan fingerprint density at radius 1 is 1.39 bits per heavy atom. The van der Waals surface area contributed by atoms with Gasteiger partial charge in [0.1, 0.15) is 5.82 Å². The molecular weight excluding hydrogens is 316 g/mol. The van der Waals surface area contributed by atoms with Gasteiger partial charge in [0.2, 0.25) is 0 Å². The number of anilines is 1. The second-order valence-electron chi connectivity index (χ2n) is 4.02. The summed E-state index contributed by atoms with van der Waals surface area (Å²) < 4.78 is 2.93. The summed E-state index contributed by atoms with van der Waals surface area (Å²) in [5.41, 5.74) is 2.84. The van der Waals surface area contributed by atoms with Crippen LogP contribution in [0.15, 0.2) is 16.6 Å². The van der Waals surface area contributed by atoms with Crippen molar-refractivity contribution in [3.63, 3.8) is 0 Å². The predicted molar refractivity (Wildman–Crippen MR) is 77.3 cm³/mol. The molecular formula is C12H14BrClN4. The maximum Gasteiger partial charge on any atom is 0.126 e. The zero-order chi connectivity index (χ0) is 13.3. The Hall–Kier alpha value is -1.07. The molecule has 6 heteroatoms. The Kier molecular flexibility index (Phi) is 3.92. The minimum absolute atomic E-state index is 0.562. The third-order valence-electron chi connectivity index (χ3n) is 2.77. The number of hydrogen-bond acceptors (Lipinski definition) is 3. The molecule has 0 radical (unpaired) electrons. The first-order valence-corrected chi connectivity index (χ1v) is 6.72. The first-order valence-electron chi connectivity index (χ1n) is 5.55. The molecule has 0 aromatic carbocycles. The Balaban J connectivity index is 2.36. The molecule has 0 aliphatic heterocycles. The van der Waals surface area contributed by atoms with Crippen LogP contribution in [-0.4, -0.2) is 21.8 Å². The molecule has 0 saturated carbocycles. The molecule has 0 bridgehead atoms. The maximum absolute atomic E-state index is 6.16. The van der Waals surface area contributed by atoms with E-state index in [4.69, 9.17) is 11.6 Å². The van der Waals surface area contributed by atoms with E-state index in [0.29, 0.717) is 11.6 Å². The zero-order valence-electron chi connectivity index (χ0n) is 10.5. The number of hydrogen-bond donors (Lipinski definition) is 1. The first kappa shape index (κ1) is 13.4. The standard InChI is InChI=1S/C12H14BrClN4/c1-7-12(13)8(2)18(17-7)6-10-9(14)4-5-11(15-3)16-10/h4-5H,6H2,1-3H3,(H,15,16). The van der Waals surface area contributed by atoms with Crippen molar-refractivity contribution in [1.82, 2.24) is 14.8 Å². The number of pyridine rings is 1. The Morgan fingerprint density at radius 2 is 2.11 bits per heavy atom. The molecule has 4 nitrogen and oxygen atoms in total. The highest BCUT2D eigenvalue weighted by molar-refractivity contribution is 9.10. The van der Waals surface area contributed by atoms with Crippen LogP contribution in [0, 0.1) is 13.8 Å². The average Bonchev–Trinajstić information content (AvgIpc) is 2.60. The van der Waals surface area contributed by atoms with E-state index in [9.17, 15) is 0 Å². The van der Waals surface area contributed by atoms with E-state index in [1.165, 1.54) is 0 Å². The van der Waals surface area contributed by atoms with Crippen LogP contribution in [0.5, 0.6) is 0 Å². The summed E-state index contributed by atoms with van der Waals surface area (Å²) in [6, 6.07) is 3.69. The van der Waals surface area contributed by atoms with Gasteiger partial charge in [-0.2, -0.15) is 5.10 Å². The smallest absolute Gasteiger partial charge is 0.126 e. The molecule has 1 N–H and O–H groups in total. The predicted octanol–water partition coefficient (Wildman–Crippen LogP) is 3.40. The van der Waals surface area contributed by atoms with E-state index in [2.05, 4.69) is 31.3 Å². The number of aryl methyl sites for hydroxylation is 1. The fourth-order valence-corrected chi connectivity index (χ4v) is 2.15. The van der Waals surface area contributed by atoms with Gasteiger partial charge in [0.15, 0.2) is 0 Å². The summed E-state index contributed by atoms with van der Waals surface area (Å²) in [6.07, 6.45) is 0. The molecule has 0 aliphatic carbocycles. The van der Waals surface area contributed by atoms with Gasteiger partial charge in [-0.05, 0) is 41.9 Å². The van der Waals surface area contributed by atoms with Crippen LogP contribution in [0.3, 0.4) is 0 Å². The summed E-state index contributed by atoms with van der Waals surface area (Å²) in [5, 5.41) is 8.11. The second-order valence-corrected chi connectivity index (χ2v) is 5.22. The van der Waals surface area contributed by atoms with E-state index in [1.54, 1.807) is 0 Å². The molecule has 0 fully saturated rings. The van der Waals surface area contributed by atoms with Gasteiger partial charge in [0.05, 0.1) is 33.1 Å². The lowest BCUT2D eigenvalue weighted by Gasteiger charge is -2.08. The number of halogens is 2. The van der Waals surface area contributed by atoms with Crippen LogP contribution < -0.4 is 5.32 Å². The Labute approximate surface area is 119 Å². The molecule has 18 heavy (non-hydrogen) atoms. The number of aromatic nitrogens is 3. The van der Waals surface area contributed by atoms with Crippen LogP contribution in [0.1, 0.15) is 17.1 Å². The molecule has 2 aromatic rings. The topological polar surface area (TPSA) is 42.7 Å². The lowest BCUT2D eigenvalue weighted by atomic mass is 10.3. The van der Waals surface area contributed by atoms with Crippen molar-refractivity contribution in [2.45, 2.75) is 20.4 Å². The van der Waals surface area contributed by atoms with Crippen molar-refractivity contribution < 1.29 is 0 Å². The number of rotatable bonds is 3. The highest BCUT2D eigenvalue weighted by Crippen LogP contribution is 2.22. The van der Waals surface area contributed by atoms with E-state index in [1.807, 2.05) is 37.7 Å². The minimum atomic E-state index is 0.562.